The van der Waals surface area contributed by atoms with Gasteiger partial charge in [-0.1, -0.05) is 30.3 Å². The maximum atomic E-state index is 7.07. The third kappa shape index (κ3) is 20.6. The lowest BCUT2D eigenvalue weighted by atomic mass is 10.1. The van der Waals surface area contributed by atoms with Gasteiger partial charge >= 0.3 is 0 Å². The molecule has 0 aliphatic carbocycles. The highest BCUT2D eigenvalue weighted by Gasteiger charge is 2.10. The number of nitrogens with one attached hydrogen (secondary N) is 1. The van der Waals surface area contributed by atoms with E-state index in [2.05, 4.69) is 14.8 Å². The highest BCUT2D eigenvalue weighted by atomic mass is 33.5. The van der Waals surface area contributed by atoms with Gasteiger partial charge in [-0.15, -0.1) is 0 Å². The third-order valence-corrected chi connectivity index (χ3v) is 54.6. The maximum absolute atomic E-state index is 7.07. The molecule has 0 saturated heterocycles. The van der Waals surface area contributed by atoms with Gasteiger partial charge in [0.1, 0.15) is 5.82 Å². The summed E-state index contributed by atoms with van der Waals surface area (Å²) in [5.41, 5.74) is 9.50. The van der Waals surface area contributed by atoms with Gasteiger partial charge in [-0.2, -0.15) is 0 Å². The molecule has 44 heavy (non-hydrogen) atoms. The van der Waals surface area contributed by atoms with Crippen LogP contribution < -0.4 is 5.73 Å². The van der Waals surface area contributed by atoms with Crippen molar-refractivity contribution in [3.63, 3.8) is 0 Å². The molecule has 0 aliphatic rings. The molecule has 0 amide bonds. The van der Waals surface area contributed by atoms with Crippen molar-refractivity contribution in [1.82, 2.24) is 9.97 Å². The number of aromatic nitrogens is 2. The topological polar surface area (TPSA) is 59.1 Å². The van der Waals surface area contributed by atoms with Crippen LogP contribution >= 0.6 is 0 Å². The van der Waals surface area contributed by atoms with Crippen molar-refractivity contribution in [2.75, 3.05) is 5.73 Å². The Kier molecular flexibility index (Phi) is 30.1. The van der Waals surface area contributed by atoms with Crippen molar-refractivity contribution in [1.29, 1.82) is 0 Å². The summed E-state index contributed by atoms with van der Waals surface area (Å²) < 4.78 is 0. The summed E-state index contributed by atoms with van der Waals surface area (Å²) in [6.45, 7) is 7.07. The lowest BCUT2D eigenvalue weighted by Gasteiger charge is -2.03. The van der Waals surface area contributed by atoms with Crippen LogP contribution in [-0.4, -0.2) is 9.97 Å². The lowest BCUT2D eigenvalue weighted by molar-refractivity contribution is 1.34. The zero-order chi connectivity index (χ0) is 31.5. The fraction of sp³-hybridized carbons (Fsp3) is 0. The van der Waals surface area contributed by atoms with Gasteiger partial charge in [0.2, 0.25) is 5.69 Å². The molecule has 242 valence electrons. The average Bonchev–Trinajstić information content (AvgIpc) is 3.48. The zero-order valence-corrected chi connectivity index (χ0v) is 41.4. The van der Waals surface area contributed by atoms with Crippen LogP contribution in [0.1, 0.15) is 0 Å². The molecule has 3 rings (SSSR count). The first-order valence-corrected chi connectivity index (χ1v) is 43.0. The van der Waals surface area contributed by atoms with Gasteiger partial charge in [-0.05, 0) is 12.1 Å². The smallest absolute Gasteiger partial charge is 0.210 e. The number of nitrogen functional groups attached to an aromatic ring is 1. The van der Waals surface area contributed by atoms with Crippen molar-refractivity contribution in [2.45, 2.75) is 0 Å². The number of hydrogen-bond donors (Lipinski definition) is 2. The molecule has 1 aromatic heterocycles. The Morgan fingerprint density at radius 1 is 0.568 bits per heavy atom. The highest BCUT2D eigenvalue weighted by molar-refractivity contribution is 8.79. The summed E-state index contributed by atoms with van der Waals surface area (Å²) in [5.74, 6) is 0.694. The van der Waals surface area contributed by atoms with Gasteiger partial charge in [0, 0.05) is 247 Å². The Balaban J connectivity index is 0.000000324. The van der Waals surface area contributed by atoms with Crippen LogP contribution in [-0.2, 0) is 236 Å². The van der Waals surface area contributed by atoms with Gasteiger partial charge in [0.15, 0.2) is 0 Å². The zero-order valence-electron chi connectivity index (χ0n) is 20.1. The average molecular weight is 1070 g/mol. The molecular formula is C14H10N4S26. The third-order valence-electron chi connectivity index (χ3n) is 3.49. The first-order valence-electron chi connectivity index (χ1n) is 9.67. The minimum Gasteiger partial charge on any atom is -0.407 e. The van der Waals surface area contributed by atoms with Crippen LogP contribution in [0.25, 0.3) is 27.3 Å². The number of hydrogen-bond acceptors (Lipinski definition) is 4. The Morgan fingerprint density at radius 2 is 0.977 bits per heavy atom. The van der Waals surface area contributed by atoms with Crippen molar-refractivity contribution in [3.05, 3.63) is 53.9 Å². The lowest BCUT2D eigenvalue weighted by Crippen LogP contribution is -1.91. The van der Waals surface area contributed by atoms with Gasteiger partial charge in [0.25, 0.3) is 0 Å². The number of aromatic amines is 1. The molecule has 3 aromatic rings. The van der Waals surface area contributed by atoms with Crippen LogP contribution in [0.15, 0.2) is 42.5 Å². The SMILES string of the molecule is S=S=S=S=S=S=S=S=S=S=S=S=S=S=S=S=S=S=S=S=S=S=S=S=S=S.[C-]#[N+]c1cccc(-c2nc3ccccc3[nH]2)c1N. The standard InChI is InChI=1S/C14H10N4.S26/c1-16-12-8-4-5-9(13(12)15)14-17-10-6-2-3-7-11(10)18-14;1-3-5-7-9-11-13-15-17-19-21-23-25-26-24-22-20-18-16-14-12-10-8-6-4-2/h2-8H,15H2,(H,17,18);. The van der Waals surface area contributed by atoms with Crippen LogP contribution in [0.4, 0.5) is 11.4 Å². The molecule has 4 nitrogen and oxygen atoms in total. The van der Waals surface area contributed by atoms with E-state index in [0.717, 1.165) is 16.6 Å². The van der Waals surface area contributed by atoms with E-state index in [1.165, 1.54) is 17.8 Å². The van der Waals surface area contributed by atoms with Crippen molar-refractivity contribution >= 4 is 258 Å². The number of nitrogens with two attached hydrogens (primary N) is 1. The van der Waals surface area contributed by atoms with Crippen molar-refractivity contribution < 1.29 is 0 Å². The second-order valence-corrected chi connectivity index (χ2v) is 48.0. The molecule has 2 aromatic carbocycles. The van der Waals surface area contributed by atoms with E-state index < -0.39 is 0 Å². The molecule has 0 radical (unpaired) electrons. The number of H-pyrrole nitrogens is 1. The first-order chi connectivity index (χ1) is 21.7. The van der Waals surface area contributed by atoms with Crippen LogP contribution in [0, 0.1) is 6.57 Å². The fourth-order valence-corrected chi connectivity index (χ4v) is 62.6. The Hall–Kier alpha value is 2.92. The van der Waals surface area contributed by atoms with Gasteiger partial charge in [-0.25, -0.2) is 9.83 Å². The maximum Gasteiger partial charge on any atom is 0.210 e. The minimum absolute atomic E-state index is 0.452. The molecule has 0 bridgehead atoms. The molecule has 0 aliphatic heterocycles. The molecule has 30 heteroatoms. The summed E-state index contributed by atoms with van der Waals surface area (Å²) in [6, 6.07) is 13.2. The predicted molar refractivity (Wildman–Crippen MR) is 264 cm³/mol. The Morgan fingerprint density at radius 3 is 1.36 bits per heavy atom. The van der Waals surface area contributed by atoms with Crippen LogP contribution in [0.3, 0.4) is 0 Å². The van der Waals surface area contributed by atoms with Crippen LogP contribution in [0.5, 0.6) is 0 Å². The van der Waals surface area contributed by atoms with Crippen molar-refractivity contribution in [2.24, 2.45) is 0 Å². The van der Waals surface area contributed by atoms with Gasteiger partial charge in [0.05, 0.1) is 17.6 Å². The number of imidazole rings is 1. The molecule has 0 unspecified atom stereocenters. The number of nitrogens with zero attached hydrogens (tertiary/aromatic N) is 2. The number of para-hydroxylation sites is 3. The normalized spacial score (nSPS) is 8.70. The molecule has 0 fully saturated rings. The molecule has 1 heterocycles. The van der Waals surface area contributed by atoms with Crippen molar-refractivity contribution in [3.8, 4) is 11.4 Å². The van der Waals surface area contributed by atoms with E-state index >= 15 is 0 Å². The number of anilines is 1. The number of rotatable bonds is 1. The van der Waals surface area contributed by atoms with Crippen LogP contribution in [0.2, 0.25) is 0 Å². The van der Waals surface area contributed by atoms with E-state index in [1.807, 2.05) is 107 Å². The summed E-state index contributed by atoms with van der Waals surface area (Å²) in [6.07, 6.45) is 0. The first kappa shape index (κ1) is 43.1. The largest absolute Gasteiger partial charge is 0.407 e. The summed E-state index contributed by atoms with van der Waals surface area (Å²) >= 11 is 9.55. The summed E-state index contributed by atoms with van der Waals surface area (Å²) in [4.78, 5) is 11.1. The van der Waals surface area contributed by atoms with E-state index in [1.54, 1.807) is 130 Å². The quantitative estimate of drug-likeness (QED) is 0.291. The highest BCUT2D eigenvalue weighted by Crippen LogP contribution is 2.32. The number of fused-ring (bicyclic) bond motifs is 1. The van der Waals surface area contributed by atoms with E-state index in [-0.39, 0.29) is 0 Å². The van der Waals surface area contributed by atoms with E-state index in [0.29, 0.717) is 17.2 Å². The van der Waals surface area contributed by atoms with Gasteiger partial charge in [-0.3, -0.25) is 0 Å². The minimum atomic E-state index is 0.452. The second kappa shape index (κ2) is 30.7. The molecule has 3 N–H and O–H groups in total. The van der Waals surface area contributed by atoms with E-state index in [4.69, 9.17) is 34.7 Å². The summed E-state index contributed by atoms with van der Waals surface area (Å²) in [7, 11) is 41.8. The Labute approximate surface area is 332 Å². The molecule has 0 atom stereocenters. The summed E-state index contributed by atoms with van der Waals surface area (Å²) in [5, 5.41) is 0. The second-order valence-electron chi connectivity index (χ2n) is 5.59. The van der Waals surface area contributed by atoms with E-state index in [9.17, 15) is 0 Å². The molecule has 0 spiro atoms. The van der Waals surface area contributed by atoms with Gasteiger partial charge < -0.3 is 10.7 Å². The monoisotopic (exact) mass is 1070 g/mol. The molecule has 0 saturated carbocycles. The fourth-order valence-electron chi connectivity index (χ4n) is 2.19. The molecular weight excluding hydrogens is 1060 g/mol. The Bertz CT molecular complexity index is 2490. The predicted octanol–water partition coefficient (Wildman–Crippen LogP) is 3.30. The number of benzene rings is 2.